The van der Waals surface area contributed by atoms with Crippen LogP contribution < -0.4 is 5.23 Å². The SMILES string of the molecule is N#Cc1cc(N([O-])O)ccc1C=Cc1ccccc1. The molecular formula is C15H11N2O2-. The van der Waals surface area contributed by atoms with E-state index in [1.165, 1.54) is 12.1 Å². The summed E-state index contributed by atoms with van der Waals surface area (Å²) < 4.78 is 0. The molecular weight excluding hydrogens is 240 g/mol. The van der Waals surface area contributed by atoms with Gasteiger partial charge in [0.25, 0.3) is 0 Å². The van der Waals surface area contributed by atoms with Gasteiger partial charge in [-0.3, -0.25) is 5.21 Å². The summed E-state index contributed by atoms with van der Waals surface area (Å²) in [4.78, 5) is 0. The zero-order valence-electron chi connectivity index (χ0n) is 10.0. The van der Waals surface area contributed by atoms with E-state index < -0.39 is 0 Å². The molecule has 0 fully saturated rings. The zero-order valence-corrected chi connectivity index (χ0v) is 10.0. The van der Waals surface area contributed by atoms with Gasteiger partial charge in [0.2, 0.25) is 0 Å². The molecule has 94 valence electrons. The summed E-state index contributed by atoms with van der Waals surface area (Å²) in [7, 11) is 0. The molecule has 19 heavy (non-hydrogen) atoms. The summed E-state index contributed by atoms with van der Waals surface area (Å²) in [6.07, 6.45) is 3.67. The maximum absolute atomic E-state index is 10.7. The molecule has 0 amide bonds. The molecule has 4 heteroatoms. The second-order valence-electron chi connectivity index (χ2n) is 3.90. The van der Waals surface area contributed by atoms with Crippen LogP contribution in [-0.4, -0.2) is 5.21 Å². The van der Waals surface area contributed by atoms with E-state index >= 15 is 0 Å². The third-order valence-corrected chi connectivity index (χ3v) is 2.63. The van der Waals surface area contributed by atoms with Gasteiger partial charge in [-0.05, 0) is 23.3 Å². The van der Waals surface area contributed by atoms with Crippen molar-refractivity contribution in [1.82, 2.24) is 0 Å². The summed E-state index contributed by atoms with van der Waals surface area (Å²) in [5.74, 6) is 0. The van der Waals surface area contributed by atoms with Crippen molar-refractivity contribution in [3.05, 3.63) is 70.4 Å². The lowest BCUT2D eigenvalue weighted by atomic mass is 10.1. The predicted molar refractivity (Wildman–Crippen MR) is 74.2 cm³/mol. The van der Waals surface area contributed by atoms with Gasteiger partial charge in [-0.2, -0.15) is 5.26 Å². The van der Waals surface area contributed by atoms with Crippen LogP contribution >= 0.6 is 0 Å². The Kier molecular flexibility index (Phi) is 3.94. The normalized spacial score (nSPS) is 10.4. The summed E-state index contributed by atoms with van der Waals surface area (Å²) in [5.41, 5.74) is 2.08. The molecule has 0 saturated heterocycles. The number of rotatable bonds is 3. The fraction of sp³-hybridized carbons (Fsp3) is 0. The first-order valence-corrected chi connectivity index (χ1v) is 5.64. The largest absolute Gasteiger partial charge is 0.733 e. The molecule has 0 aromatic heterocycles. The summed E-state index contributed by atoms with van der Waals surface area (Å²) in [5, 5.41) is 28.3. The van der Waals surface area contributed by atoms with Gasteiger partial charge >= 0.3 is 0 Å². The van der Waals surface area contributed by atoms with Crippen LogP contribution in [0.15, 0.2) is 48.5 Å². The molecule has 0 aliphatic heterocycles. The van der Waals surface area contributed by atoms with Crippen molar-refractivity contribution in [2.75, 3.05) is 5.23 Å². The molecule has 2 rings (SSSR count). The van der Waals surface area contributed by atoms with E-state index in [4.69, 9.17) is 10.5 Å². The first kappa shape index (κ1) is 12.8. The fourth-order valence-electron chi connectivity index (χ4n) is 1.66. The van der Waals surface area contributed by atoms with Crippen LogP contribution in [0.1, 0.15) is 16.7 Å². The minimum absolute atomic E-state index is 0.0356. The van der Waals surface area contributed by atoms with Crippen molar-refractivity contribution >= 4 is 17.8 Å². The monoisotopic (exact) mass is 251 g/mol. The van der Waals surface area contributed by atoms with Gasteiger partial charge in [0, 0.05) is 0 Å². The van der Waals surface area contributed by atoms with Crippen LogP contribution in [0.4, 0.5) is 5.69 Å². The van der Waals surface area contributed by atoms with Gasteiger partial charge in [-0.15, -0.1) is 0 Å². The Balaban J connectivity index is 2.31. The van der Waals surface area contributed by atoms with Gasteiger partial charge in [0.15, 0.2) is 0 Å². The molecule has 4 nitrogen and oxygen atoms in total. The number of anilines is 1. The highest BCUT2D eigenvalue weighted by Crippen LogP contribution is 2.19. The Morgan fingerprint density at radius 3 is 2.47 bits per heavy atom. The maximum atomic E-state index is 10.7. The van der Waals surface area contributed by atoms with Gasteiger partial charge < -0.3 is 10.4 Å². The summed E-state index contributed by atoms with van der Waals surface area (Å²) >= 11 is 0. The third kappa shape index (κ3) is 3.19. The Hall–Kier alpha value is -2.61. The zero-order chi connectivity index (χ0) is 13.7. The third-order valence-electron chi connectivity index (χ3n) is 2.63. The summed E-state index contributed by atoms with van der Waals surface area (Å²) in [6, 6.07) is 16.1. The highest BCUT2D eigenvalue weighted by molar-refractivity contribution is 5.74. The van der Waals surface area contributed by atoms with E-state index in [9.17, 15) is 5.21 Å². The van der Waals surface area contributed by atoms with E-state index in [0.29, 0.717) is 11.1 Å². The van der Waals surface area contributed by atoms with E-state index in [-0.39, 0.29) is 10.9 Å². The van der Waals surface area contributed by atoms with Crippen LogP contribution in [0.5, 0.6) is 0 Å². The highest BCUT2D eigenvalue weighted by Gasteiger charge is 2.01. The minimum Gasteiger partial charge on any atom is -0.733 e. The molecule has 0 unspecified atom stereocenters. The Morgan fingerprint density at radius 2 is 1.84 bits per heavy atom. The Labute approximate surface area is 111 Å². The molecule has 2 aromatic rings. The molecule has 0 bridgehead atoms. The van der Waals surface area contributed by atoms with Crippen molar-refractivity contribution in [3.63, 3.8) is 0 Å². The second kappa shape index (κ2) is 5.83. The minimum atomic E-state index is -0.258. The smallest absolute Gasteiger partial charge is 0.0998 e. The number of nitriles is 1. The quantitative estimate of drug-likeness (QED) is 0.670. The van der Waals surface area contributed by atoms with Crippen LogP contribution in [0, 0.1) is 16.5 Å². The molecule has 0 saturated carbocycles. The Morgan fingerprint density at radius 1 is 1.11 bits per heavy atom. The Bertz CT molecular complexity index is 628. The summed E-state index contributed by atoms with van der Waals surface area (Å²) in [6.45, 7) is 0. The lowest BCUT2D eigenvalue weighted by molar-refractivity contribution is 0.296. The lowest BCUT2D eigenvalue weighted by Gasteiger charge is -2.21. The fourth-order valence-corrected chi connectivity index (χ4v) is 1.66. The van der Waals surface area contributed by atoms with Gasteiger partial charge in [0.1, 0.15) is 0 Å². The van der Waals surface area contributed by atoms with Crippen LogP contribution in [0.2, 0.25) is 0 Å². The number of benzene rings is 2. The predicted octanol–water partition coefficient (Wildman–Crippen LogP) is 3.42. The average Bonchev–Trinajstić information content (AvgIpc) is 2.45. The number of hydrogen-bond donors (Lipinski definition) is 1. The number of nitrogens with zero attached hydrogens (tertiary/aromatic N) is 2. The van der Waals surface area contributed by atoms with E-state index in [0.717, 1.165) is 5.56 Å². The van der Waals surface area contributed by atoms with Gasteiger partial charge in [-0.1, -0.05) is 48.6 Å². The van der Waals surface area contributed by atoms with Crippen molar-refractivity contribution in [1.29, 1.82) is 5.26 Å². The lowest BCUT2D eigenvalue weighted by Crippen LogP contribution is -2.07. The standard InChI is InChI=1S/C15H11N2O2/c16-11-14-10-15(17(18)19)9-8-13(14)7-6-12-4-2-1-3-5-12/h1-10,18H/q-1. The van der Waals surface area contributed by atoms with Crippen molar-refractivity contribution in [2.45, 2.75) is 0 Å². The molecule has 1 N–H and O–H groups in total. The second-order valence-corrected chi connectivity index (χ2v) is 3.90. The van der Waals surface area contributed by atoms with E-state index in [1.54, 1.807) is 12.1 Å². The van der Waals surface area contributed by atoms with E-state index in [1.807, 2.05) is 42.5 Å². The first-order chi connectivity index (χ1) is 9.20. The topological polar surface area (TPSA) is 70.3 Å². The molecule has 0 aliphatic rings. The maximum Gasteiger partial charge on any atom is 0.0998 e. The van der Waals surface area contributed by atoms with Crippen LogP contribution in [0.25, 0.3) is 12.2 Å². The van der Waals surface area contributed by atoms with E-state index in [2.05, 4.69) is 0 Å². The molecule has 0 heterocycles. The first-order valence-electron chi connectivity index (χ1n) is 5.64. The molecule has 2 aromatic carbocycles. The molecule has 0 aliphatic carbocycles. The average molecular weight is 251 g/mol. The van der Waals surface area contributed by atoms with Crippen molar-refractivity contribution in [3.8, 4) is 6.07 Å². The molecule has 0 radical (unpaired) electrons. The highest BCUT2D eigenvalue weighted by atomic mass is 16.8. The van der Waals surface area contributed by atoms with Crippen molar-refractivity contribution < 1.29 is 5.21 Å². The van der Waals surface area contributed by atoms with Crippen LogP contribution in [0.3, 0.4) is 0 Å². The molecule has 0 atom stereocenters. The molecule has 0 spiro atoms. The van der Waals surface area contributed by atoms with Crippen LogP contribution in [-0.2, 0) is 0 Å². The van der Waals surface area contributed by atoms with Gasteiger partial charge in [-0.25, -0.2) is 0 Å². The van der Waals surface area contributed by atoms with Crippen molar-refractivity contribution in [2.24, 2.45) is 0 Å². The van der Waals surface area contributed by atoms with Gasteiger partial charge in [0.05, 0.1) is 17.3 Å². The number of hydrogen-bond acceptors (Lipinski definition) is 4.